The molecule has 22 heavy (non-hydrogen) atoms. The highest BCUT2D eigenvalue weighted by Gasteiger charge is 2.56. The Morgan fingerprint density at radius 1 is 1.05 bits per heavy atom. The fraction of sp³-hybridized carbons (Fsp3) is 0.0769. The third-order valence-electron chi connectivity index (χ3n) is 2.67. The number of alkyl halides is 2. The van der Waals surface area contributed by atoms with Gasteiger partial charge in [0, 0.05) is 5.56 Å². The highest BCUT2D eigenvalue weighted by atomic mass is 31.2. The van der Waals surface area contributed by atoms with Crippen LogP contribution in [0.2, 0.25) is 0 Å². The summed E-state index contributed by atoms with van der Waals surface area (Å²) in [6, 6.07) is 13.5. The highest BCUT2D eigenvalue weighted by molar-refractivity contribution is 7.54. The van der Waals surface area contributed by atoms with Gasteiger partial charge in [-0.15, -0.1) is 9.35 Å². The van der Waals surface area contributed by atoms with Crippen LogP contribution in [-0.4, -0.2) is 10.5 Å². The fourth-order valence-corrected chi connectivity index (χ4v) is 2.28. The second kappa shape index (κ2) is 6.51. The lowest BCUT2D eigenvalue weighted by atomic mass is 10.2. The van der Waals surface area contributed by atoms with E-state index < -0.39 is 18.8 Å². The molecule has 0 amide bonds. The summed E-state index contributed by atoms with van der Waals surface area (Å²) < 4.78 is 50.8. The third-order valence-corrected chi connectivity index (χ3v) is 4.05. The lowest BCUT2D eigenvalue weighted by Gasteiger charge is -2.21. The zero-order valence-electron chi connectivity index (χ0n) is 10.8. The Bertz CT molecular complexity index is 654. The molecule has 0 unspecified atom stereocenters. The number of rotatable bonds is 6. The van der Waals surface area contributed by atoms with Gasteiger partial charge in [-0.05, 0) is 42.5 Å². The van der Waals surface area contributed by atoms with Crippen molar-refractivity contribution in [3.63, 3.8) is 0 Å². The van der Waals surface area contributed by atoms with Crippen LogP contribution < -0.4 is 4.74 Å². The van der Waals surface area contributed by atoms with E-state index in [1.807, 2.05) is 0 Å². The molecule has 0 aliphatic carbocycles. The molecule has 9 heteroatoms. The summed E-state index contributed by atoms with van der Waals surface area (Å²) in [7, 11) is -5.46. The van der Waals surface area contributed by atoms with Crippen molar-refractivity contribution in [2.24, 2.45) is 0 Å². The van der Waals surface area contributed by atoms with Crippen LogP contribution in [0.25, 0.3) is 0 Å². The van der Waals surface area contributed by atoms with Gasteiger partial charge in [-0.2, -0.15) is 8.78 Å². The summed E-state index contributed by atoms with van der Waals surface area (Å²) in [6.45, 7) is 0. The summed E-state index contributed by atoms with van der Waals surface area (Å²) in [5, 5.41) is 16.6. The van der Waals surface area contributed by atoms with E-state index >= 15 is 0 Å². The first-order valence-electron chi connectivity index (χ1n) is 5.82. The molecule has 2 aromatic rings. The number of hydrogen-bond donors (Lipinski definition) is 2. The van der Waals surface area contributed by atoms with E-state index in [0.29, 0.717) is 5.75 Å². The zero-order valence-corrected chi connectivity index (χ0v) is 11.7. The zero-order chi connectivity index (χ0) is 16.2. The van der Waals surface area contributed by atoms with Crippen LogP contribution >= 0.6 is 7.60 Å². The first-order valence-corrected chi connectivity index (χ1v) is 7.36. The van der Waals surface area contributed by atoms with Crippen molar-refractivity contribution in [3.8, 4) is 11.5 Å². The minimum absolute atomic E-state index is 0.240. The van der Waals surface area contributed by atoms with Gasteiger partial charge in [0.2, 0.25) is 0 Å². The van der Waals surface area contributed by atoms with Crippen molar-refractivity contribution in [3.05, 3.63) is 60.2 Å². The van der Waals surface area contributed by atoms with E-state index in [-0.39, 0.29) is 5.75 Å². The first-order chi connectivity index (χ1) is 10.4. The lowest BCUT2D eigenvalue weighted by Crippen LogP contribution is -2.16. The Balaban J connectivity index is 2.23. The molecule has 0 atom stereocenters. The summed E-state index contributed by atoms with van der Waals surface area (Å²) in [6.07, 6.45) is 0. The van der Waals surface area contributed by atoms with Crippen molar-refractivity contribution in [1.29, 1.82) is 0 Å². The molecule has 6 nitrogen and oxygen atoms in total. The monoisotopic (exact) mass is 331 g/mol. The summed E-state index contributed by atoms with van der Waals surface area (Å²) >= 11 is 0. The van der Waals surface area contributed by atoms with E-state index in [9.17, 15) is 13.3 Å². The molecule has 0 bridgehead atoms. The summed E-state index contributed by atoms with van der Waals surface area (Å²) in [4.78, 5) is 0. The highest BCUT2D eigenvalue weighted by Crippen LogP contribution is 2.65. The van der Waals surface area contributed by atoms with Gasteiger partial charge in [0.25, 0.3) is 0 Å². The number of halogens is 2. The molecule has 0 aliphatic rings. The largest absolute Gasteiger partial charge is 0.457 e. The van der Waals surface area contributed by atoms with E-state index in [1.165, 1.54) is 12.1 Å². The third kappa shape index (κ3) is 3.16. The van der Waals surface area contributed by atoms with E-state index in [0.717, 1.165) is 12.1 Å². The summed E-state index contributed by atoms with van der Waals surface area (Å²) in [5.41, 5.74) is -5.05. The van der Waals surface area contributed by atoms with Crippen LogP contribution in [0.1, 0.15) is 5.56 Å². The molecule has 2 N–H and O–H groups in total. The maximum atomic E-state index is 13.9. The van der Waals surface area contributed by atoms with Gasteiger partial charge in [-0.25, -0.2) is 15.1 Å². The molecule has 1 radical (unpaired) electrons. The standard InChI is InChI=1S/C13H10F2O6P/c14-13(15,22(18,20-16)21-17)10-6-8-12(9-7-10)19-11-4-2-1-3-5-11/h1-2,4-9,16-17H. The first kappa shape index (κ1) is 16.5. The Hall–Kier alpha value is -1.83. The normalized spacial score (nSPS) is 12.2. The minimum Gasteiger partial charge on any atom is -0.457 e. The topological polar surface area (TPSA) is 85.2 Å². The number of ether oxygens (including phenoxy) is 1. The molecule has 0 fully saturated rings. The van der Waals surface area contributed by atoms with Gasteiger partial charge in [0.15, 0.2) is 0 Å². The average molecular weight is 331 g/mol. The van der Waals surface area contributed by atoms with Gasteiger partial charge >= 0.3 is 13.3 Å². The Morgan fingerprint density at radius 3 is 2.18 bits per heavy atom. The van der Waals surface area contributed by atoms with Gasteiger partial charge in [0.05, 0.1) is 0 Å². The van der Waals surface area contributed by atoms with E-state index in [4.69, 9.17) is 15.3 Å². The van der Waals surface area contributed by atoms with Crippen LogP contribution in [0.3, 0.4) is 0 Å². The molecule has 0 heterocycles. The number of hydrogen-bond acceptors (Lipinski definition) is 6. The molecule has 0 saturated carbocycles. The molecule has 2 rings (SSSR count). The fourth-order valence-electron chi connectivity index (χ4n) is 1.58. The SMILES string of the molecule is O=P(OO)(OO)C(F)(F)c1ccc(Oc2c[c]ccc2)cc1. The van der Waals surface area contributed by atoms with Crippen LogP contribution in [0, 0.1) is 6.07 Å². The predicted octanol–water partition coefficient (Wildman–Crippen LogP) is 4.50. The minimum atomic E-state index is -5.46. The maximum Gasteiger partial charge on any atom is 0.457 e. The smallest absolute Gasteiger partial charge is 0.457 e. The number of benzene rings is 2. The van der Waals surface area contributed by atoms with E-state index in [2.05, 4.69) is 15.4 Å². The molecule has 0 spiro atoms. The van der Waals surface area contributed by atoms with Gasteiger partial charge in [0.1, 0.15) is 11.5 Å². The van der Waals surface area contributed by atoms with Gasteiger partial charge < -0.3 is 4.74 Å². The molecule has 0 aromatic heterocycles. The van der Waals surface area contributed by atoms with Gasteiger partial charge in [-0.1, -0.05) is 12.1 Å². The van der Waals surface area contributed by atoms with Crippen molar-refractivity contribution < 1.29 is 37.9 Å². The molecular formula is C13H10F2O6P. The average Bonchev–Trinajstić information content (AvgIpc) is 2.55. The van der Waals surface area contributed by atoms with Crippen LogP contribution in [0.4, 0.5) is 8.78 Å². The molecule has 0 aliphatic heterocycles. The molecule has 0 saturated heterocycles. The molecular weight excluding hydrogens is 321 g/mol. The van der Waals surface area contributed by atoms with Crippen molar-refractivity contribution >= 4 is 7.60 Å². The van der Waals surface area contributed by atoms with Crippen LogP contribution in [-0.2, 0) is 19.6 Å². The quantitative estimate of drug-likeness (QED) is 0.460. The van der Waals surface area contributed by atoms with Crippen LogP contribution in [0.15, 0.2) is 48.5 Å². The van der Waals surface area contributed by atoms with Crippen molar-refractivity contribution in [2.45, 2.75) is 5.66 Å². The maximum absolute atomic E-state index is 13.9. The van der Waals surface area contributed by atoms with E-state index in [1.54, 1.807) is 24.3 Å². The molecule has 2 aromatic carbocycles. The summed E-state index contributed by atoms with van der Waals surface area (Å²) in [5.74, 6) is 0.689. The lowest BCUT2D eigenvalue weighted by molar-refractivity contribution is -0.225. The van der Waals surface area contributed by atoms with Crippen LogP contribution in [0.5, 0.6) is 11.5 Å². The van der Waals surface area contributed by atoms with Gasteiger partial charge in [-0.3, -0.25) is 0 Å². The van der Waals surface area contributed by atoms with Crippen molar-refractivity contribution in [1.82, 2.24) is 0 Å². The second-order valence-electron chi connectivity index (χ2n) is 4.07. The Morgan fingerprint density at radius 2 is 1.68 bits per heavy atom. The van der Waals surface area contributed by atoms with Crippen molar-refractivity contribution in [2.75, 3.05) is 0 Å². The predicted molar refractivity (Wildman–Crippen MR) is 70.7 cm³/mol. The molecule has 117 valence electrons. The Labute approximate surface area is 123 Å². The second-order valence-corrected chi connectivity index (χ2v) is 5.95. The Kier molecular flexibility index (Phi) is 4.90.